The van der Waals surface area contributed by atoms with Gasteiger partial charge >= 0.3 is 0 Å². The Balaban J connectivity index is 1.95. The van der Waals surface area contributed by atoms with E-state index >= 15 is 0 Å². The van der Waals surface area contributed by atoms with Gasteiger partial charge in [-0.25, -0.2) is 4.98 Å². The highest BCUT2D eigenvalue weighted by atomic mass is 32.1. The van der Waals surface area contributed by atoms with E-state index in [0.29, 0.717) is 0 Å². The second-order valence-corrected chi connectivity index (χ2v) is 5.55. The van der Waals surface area contributed by atoms with Crippen LogP contribution in [0.5, 0.6) is 0 Å². The second-order valence-electron chi connectivity index (χ2n) is 4.49. The predicted octanol–water partition coefficient (Wildman–Crippen LogP) is 1.28. The summed E-state index contributed by atoms with van der Waals surface area (Å²) in [7, 11) is 1.72. The highest BCUT2D eigenvalue weighted by Crippen LogP contribution is 2.27. The van der Waals surface area contributed by atoms with Crippen molar-refractivity contribution in [2.45, 2.75) is 19.9 Å². The first-order chi connectivity index (χ1) is 9.35. The molecule has 0 amide bonds. The molecule has 1 aliphatic rings. The standard InChI is InChI=1S/C13H23N3O2S/c1-3-11-12(10-14-4-7-17-2)19-13(15-11)16-5-8-18-9-6-16/h14H,3-10H2,1-2H3. The zero-order valence-electron chi connectivity index (χ0n) is 11.8. The Labute approximate surface area is 118 Å². The van der Waals surface area contributed by atoms with Crippen LogP contribution in [0.25, 0.3) is 0 Å². The molecule has 0 bridgehead atoms. The van der Waals surface area contributed by atoms with Gasteiger partial charge in [0.25, 0.3) is 0 Å². The molecule has 2 rings (SSSR count). The van der Waals surface area contributed by atoms with Crippen LogP contribution in [0.2, 0.25) is 0 Å². The molecule has 6 heteroatoms. The number of aromatic nitrogens is 1. The van der Waals surface area contributed by atoms with Crippen molar-refractivity contribution in [2.75, 3.05) is 51.5 Å². The van der Waals surface area contributed by atoms with Gasteiger partial charge in [-0.05, 0) is 6.42 Å². The molecule has 1 aromatic heterocycles. The Kier molecular flexibility index (Phi) is 6.03. The number of methoxy groups -OCH3 is 1. The lowest BCUT2D eigenvalue weighted by molar-refractivity contribution is 0.122. The van der Waals surface area contributed by atoms with Crippen molar-refractivity contribution < 1.29 is 9.47 Å². The normalized spacial score (nSPS) is 16.0. The van der Waals surface area contributed by atoms with E-state index in [1.54, 1.807) is 18.4 Å². The molecule has 0 radical (unpaired) electrons. The number of aryl methyl sites for hydroxylation is 1. The third-order valence-electron chi connectivity index (χ3n) is 3.15. The fraction of sp³-hybridized carbons (Fsp3) is 0.769. The van der Waals surface area contributed by atoms with Crippen LogP contribution < -0.4 is 10.2 Å². The third kappa shape index (κ3) is 4.14. The maximum Gasteiger partial charge on any atom is 0.185 e. The number of nitrogens with one attached hydrogen (secondary N) is 1. The fourth-order valence-electron chi connectivity index (χ4n) is 2.05. The number of rotatable bonds is 7. The minimum Gasteiger partial charge on any atom is -0.383 e. The minimum absolute atomic E-state index is 0.747. The summed E-state index contributed by atoms with van der Waals surface area (Å²) in [6.07, 6.45) is 0.988. The predicted molar refractivity (Wildman–Crippen MR) is 78.1 cm³/mol. The van der Waals surface area contributed by atoms with Crippen molar-refractivity contribution in [1.82, 2.24) is 10.3 Å². The minimum atomic E-state index is 0.747. The van der Waals surface area contributed by atoms with Crippen LogP contribution in [0.3, 0.4) is 0 Å². The van der Waals surface area contributed by atoms with E-state index in [9.17, 15) is 0 Å². The average molecular weight is 285 g/mol. The first-order valence-electron chi connectivity index (χ1n) is 6.86. The van der Waals surface area contributed by atoms with Crippen LogP contribution in [0.1, 0.15) is 17.5 Å². The Morgan fingerprint density at radius 1 is 1.42 bits per heavy atom. The first kappa shape index (κ1) is 14.7. The van der Waals surface area contributed by atoms with Crippen molar-refractivity contribution in [3.05, 3.63) is 10.6 Å². The zero-order chi connectivity index (χ0) is 13.5. The van der Waals surface area contributed by atoms with Gasteiger partial charge in [0.1, 0.15) is 0 Å². The maximum atomic E-state index is 5.39. The maximum absolute atomic E-state index is 5.39. The van der Waals surface area contributed by atoms with E-state index in [0.717, 1.165) is 57.6 Å². The Morgan fingerprint density at radius 3 is 2.89 bits per heavy atom. The zero-order valence-corrected chi connectivity index (χ0v) is 12.6. The van der Waals surface area contributed by atoms with Crippen LogP contribution in [0.15, 0.2) is 0 Å². The average Bonchev–Trinajstić information content (AvgIpc) is 2.88. The summed E-state index contributed by atoms with van der Waals surface area (Å²) in [4.78, 5) is 8.44. The van der Waals surface area contributed by atoms with Gasteiger partial charge in [0.2, 0.25) is 0 Å². The fourth-order valence-corrected chi connectivity index (χ4v) is 3.22. The van der Waals surface area contributed by atoms with Gasteiger partial charge in [0, 0.05) is 38.2 Å². The number of nitrogens with zero attached hydrogens (tertiary/aromatic N) is 2. The van der Waals surface area contributed by atoms with Crippen molar-refractivity contribution in [2.24, 2.45) is 0 Å². The lowest BCUT2D eigenvalue weighted by Gasteiger charge is -2.26. The summed E-state index contributed by atoms with van der Waals surface area (Å²) < 4.78 is 10.4. The summed E-state index contributed by atoms with van der Waals surface area (Å²) in [5.74, 6) is 0. The van der Waals surface area contributed by atoms with E-state index < -0.39 is 0 Å². The highest BCUT2D eigenvalue weighted by Gasteiger charge is 2.17. The van der Waals surface area contributed by atoms with Gasteiger partial charge in [-0.1, -0.05) is 6.92 Å². The largest absolute Gasteiger partial charge is 0.383 e. The van der Waals surface area contributed by atoms with Gasteiger partial charge in [0.05, 0.1) is 25.5 Å². The van der Waals surface area contributed by atoms with Gasteiger partial charge < -0.3 is 19.7 Å². The van der Waals surface area contributed by atoms with Crippen LogP contribution in [0.4, 0.5) is 5.13 Å². The summed E-state index contributed by atoms with van der Waals surface area (Å²) in [6, 6.07) is 0. The van der Waals surface area contributed by atoms with Crippen LogP contribution >= 0.6 is 11.3 Å². The quantitative estimate of drug-likeness (QED) is 0.765. The molecule has 0 atom stereocenters. The van der Waals surface area contributed by atoms with Crippen molar-refractivity contribution in [3.8, 4) is 0 Å². The molecule has 1 fully saturated rings. The molecule has 0 aliphatic carbocycles. The van der Waals surface area contributed by atoms with Crippen molar-refractivity contribution >= 4 is 16.5 Å². The number of thiazole rings is 1. The summed E-state index contributed by atoms with van der Waals surface area (Å²) in [6.45, 7) is 8.19. The topological polar surface area (TPSA) is 46.6 Å². The Morgan fingerprint density at radius 2 is 2.21 bits per heavy atom. The van der Waals surface area contributed by atoms with E-state index in [4.69, 9.17) is 14.5 Å². The van der Waals surface area contributed by atoms with Crippen LogP contribution in [-0.4, -0.2) is 51.5 Å². The van der Waals surface area contributed by atoms with Gasteiger partial charge in [-0.3, -0.25) is 0 Å². The molecule has 0 spiro atoms. The second kappa shape index (κ2) is 7.79. The molecule has 1 N–H and O–H groups in total. The lowest BCUT2D eigenvalue weighted by Crippen LogP contribution is -2.36. The van der Waals surface area contributed by atoms with E-state index in [-0.39, 0.29) is 0 Å². The third-order valence-corrected chi connectivity index (χ3v) is 4.31. The SMILES string of the molecule is CCc1nc(N2CCOCC2)sc1CNCCOC. The Hall–Kier alpha value is -0.690. The molecule has 0 unspecified atom stereocenters. The van der Waals surface area contributed by atoms with Gasteiger partial charge in [-0.2, -0.15) is 0 Å². The lowest BCUT2D eigenvalue weighted by atomic mass is 10.3. The molecule has 5 nitrogen and oxygen atoms in total. The number of ether oxygens (including phenoxy) is 2. The number of hydrogen-bond donors (Lipinski definition) is 1. The van der Waals surface area contributed by atoms with Gasteiger partial charge in [0.15, 0.2) is 5.13 Å². The summed E-state index contributed by atoms with van der Waals surface area (Å²) in [5.41, 5.74) is 1.22. The molecule has 1 aromatic rings. The van der Waals surface area contributed by atoms with Crippen molar-refractivity contribution in [1.29, 1.82) is 0 Å². The molecule has 19 heavy (non-hydrogen) atoms. The van der Waals surface area contributed by atoms with E-state index in [1.807, 2.05) is 0 Å². The smallest absolute Gasteiger partial charge is 0.185 e. The first-order valence-corrected chi connectivity index (χ1v) is 7.67. The van der Waals surface area contributed by atoms with Gasteiger partial charge in [-0.15, -0.1) is 11.3 Å². The summed E-state index contributed by atoms with van der Waals surface area (Å²) in [5, 5.41) is 4.54. The molecule has 2 heterocycles. The molecular formula is C13H23N3O2S. The van der Waals surface area contributed by atoms with E-state index in [2.05, 4.69) is 17.1 Å². The molecule has 0 aromatic carbocycles. The molecule has 0 saturated carbocycles. The van der Waals surface area contributed by atoms with E-state index in [1.165, 1.54) is 10.6 Å². The highest BCUT2D eigenvalue weighted by molar-refractivity contribution is 7.15. The Bertz CT molecular complexity index is 378. The number of morpholine rings is 1. The van der Waals surface area contributed by atoms with Crippen LogP contribution in [-0.2, 0) is 22.4 Å². The number of hydrogen-bond acceptors (Lipinski definition) is 6. The monoisotopic (exact) mass is 285 g/mol. The molecule has 1 aliphatic heterocycles. The molecular weight excluding hydrogens is 262 g/mol. The molecule has 108 valence electrons. The summed E-state index contributed by atoms with van der Waals surface area (Å²) >= 11 is 1.80. The molecule has 1 saturated heterocycles. The number of anilines is 1. The van der Waals surface area contributed by atoms with Crippen LogP contribution in [0, 0.1) is 0 Å². The van der Waals surface area contributed by atoms with Crippen molar-refractivity contribution in [3.63, 3.8) is 0 Å².